The minimum absolute atomic E-state index is 0.345. The molecule has 1 aliphatic rings. The lowest BCUT2D eigenvalue weighted by Crippen LogP contribution is -2.19. The summed E-state index contributed by atoms with van der Waals surface area (Å²) in [7, 11) is 0. The topological polar surface area (TPSA) is 20.2 Å². The van der Waals surface area contributed by atoms with Crippen LogP contribution in [0.1, 0.15) is 19.3 Å². The molecule has 2 heteroatoms. The van der Waals surface area contributed by atoms with Crippen molar-refractivity contribution in [1.29, 1.82) is 0 Å². The van der Waals surface area contributed by atoms with Crippen LogP contribution in [0.4, 0.5) is 4.39 Å². The second kappa shape index (κ2) is 2.44. The largest absolute Gasteiger partial charge is 0.393 e. The molecule has 0 aromatic carbocycles. The zero-order chi connectivity index (χ0) is 5.98. The fraction of sp³-hybridized carbons (Fsp3) is 0.833. The zero-order valence-electron chi connectivity index (χ0n) is 4.68. The molecule has 1 rings (SSSR count). The van der Waals surface area contributed by atoms with Crippen LogP contribution in [0.25, 0.3) is 0 Å². The van der Waals surface area contributed by atoms with Crippen LogP contribution in [-0.2, 0) is 0 Å². The minimum Gasteiger partial charge on any atom is -0.393 e. The first kappa shape index (κ1) is 6.02. The van der Waals surface area contributed by atoms with Crippen molar-refractivity contribution < 1.29 is 9.50 Å². The molecule has 2 atom stereocenters. The van der Waals surface area contributed by atoms with E-state index in [0.29, 0.717) is 19.3 Å². The van der Waals surface area contributed by atoms with Gasteiger partial charge in [-0.1, -0.05) is 0 Å². The predicted octanol–water partition coefficient (Wildman–Crippen LogP) is 1.07. The predicted molar refractivity (Wildman–Crippen MR) is 29.1 cm³/mol. The van der Waals surface area contributed by atoms with Crippen LogP contribution in [0, 0.1) is 6.42 Å². The Morgan fingerprint density at radius 3 is 2.62 bits per heavy atom. The third kappa shape index (κ3) is 1.44. The molecule has 0 saturated heterocycles. The maximum absolute atomic E-state index is 12.2. The maximum atomic E-state index is 12.2. The van der Waals surface area contributed by atoms with Crippen LogP contribution in [0.2, 0.25) is 0 Å². The van der Waals surface area contributed by atoms with Gasteiger partial charge >= 0.3 is 0 Å². The van der Waals surface area contributed by atoms with E-state index in [4.69, 9.17) is 5.11 Å². The van der Waals surface area contributed by atoms with Gasteiger partial charge in [0.25, 0.3) is 0 Å². The first-order valence-electron chi connectivity index (χ1n) is 2.94. The highest BCUT2D eigenvalue weighted by Gasteiger charge is 2.17. The second-order valence-electron chi connectivity index (χ2n) is 2.21. The van der Waals surface area contributed by atoms with Gasteiger partial charge in [-0.25, -0.2) is 4.39 Å². The summed E-state index contributed by atoms with van der Waals surface area (Å²) in [5.41, 5.74) is 0. The van der Waals surface area contributed by atoms with Gasteiger partial charge in [-0.3, -0.25) is 0 Å². The molecule has 8 heavy (non-hydrogen) atoms. The van der Waals surface area contributed by atoms with Crippen molar-refractivity contribution >= 4 is 0 Å². The highest BCUT2D eigenvalue weighted by Crippen LogP contribution is 2.19. The molecule has 1 saturated carbocycles. The quantitative estimate of drug-likeness (QED) is 0.503. The van der Waals surface area contributed by atoms with E-state index in [1.807, 2.05) is 0 Å². The van der Waals surface area contributed by atoms with Gasteiger partial charge in [0, 0.05) is 0 Å². The fourth-order valence-corrected chi connectivity index (χ4v) is 0.892. The van der Waals surface area contributed by atoms with Gasteiger partial charge in [0.2, 0.25) is 0 Å². The highest BCUT2D eigenvalue weighted by molar-refractivity contribution is 4.84. The molecule has 0 spiro atoms. The number of aliphatic hydroxyl groups excluding tert-OH is 1. The number of alkyl halides is 1. The number of hydrogen-bond acceptors (Lipinski definition) is 1. The molecular weight excluding hydrogens is 107 g/mol. The molecule has 1 nitrogen and oxygen atoms in total. The Hall–Kier alpha value is -0.110. The van der Waals surface area contributed by atoms with Crippen LogP contribution >= 0.6 is 0 Å². The first-order valence-corrected chi connectivity index (χ1v) is 2.94. The van der Waals surface area contributed by atoms with Crippen molar-refractivity contribution in [2.75, 3.05) is 0 Å². The summed E-state index contributed by atoms with van der Waals surface area (Å²) in [6.07, 6.45) is 2.15. The standard InChI is InChI=1S/C6H10FO/c7-5-1-3-6(8)4-2-5/h3,5-6,8H,1-2,4H2. The van der Waals surface area contributed by atoms with E-state index in [1.165, 1.54) is 0 Å². The Morgan fingerprint density at radius 1 is 1.50 bits per heavy atom. The Morgan fingerprint density at radius 2 is 2.25 bits per heavy atom. The third-order valence-corrected chi connectivity index (χ3v) is 1.44. The lowest BCUT2D eigenvalue weighted by Gasteiger charge is -2.18. The lowest BCUT2D eigenvalue weighted by molar-refractivity contribution is 0.138. The van der Waals surface area contributed by atoms with E-state index in [0.717, 1.165) is 0 Å². The van der Waals surface area contributed by atoms with E-state index in [1.54, 1.807) is 6.42 Å². The third-order valence-electron chi connectivity index (χ3n) is 1.44. The Labute approximate surface area is 48.5 Å². The van der Waals surface area contributed by atoms with Crippen molar-refractivity contribution in [2.45, 2.75) is 31.5 Å². The highest BCUT2D eigenvalue weighted by atomic mass is 19.1. The SMILES string of the molecule is OC1[CH]CC(F)CC1. The summed E-state index contributed by atoms with van der Waals surface area (Å²) < 4.78 is 12.2. The van der Waals surface area contributed by atoms with Crippen LogP contribution in [0.5, 0.6) is 0 Å². The molecule has 0 heterocycles. The van der Waals surface area contributed by atoms with Crippen LogP contribution in [0.3, 0.4) is 0 Å². The van der Waals surface area contributed by atoms with Crippen molar-refractivity contribution in [3.63, 3.8) is 0 Å². The maximum Gasteiger partial charge on any atom is 0.101 e. The molecule has 0 aromatic heterocycles. The minimum atomic E-state index is -0.696. The van der Waals surface area contributed by atoms with Crippen molar-refractivity contribution in [3.8, 4) is 0 Å². The van der Waals surface area contributed by atoms with Crippen molar-refractivity contribution in [3.05, 3.63) is 6.42 Å². The second-order valence-corrected chi connectivity index (χ2v) is 2.21. The molecule has 0 aliphatic heterocycles. The van der Waals surface area contributed by atoms with Gasteiger partial charge in [-0.05, 0) is 25.7 Å². The van der Waals surface area contributed by atoms with Crippen molar-refractivity contribution in [2.24, 2.45) is 0 Å². The number of rotatable bonds is 0. The van der Waals surface area contributed by atoms with Gasteiger partial charge < -0.3 is 5.11 Å². The number of hydrogen-bond donors (Lipinski definition) is 1. The fourth-order valence-electron chi connectivity index (χ4n) is 0.892. The van der Waals surface area contributed by atoms with E-state index >= 15 is 0 Å². The molecule has 0 amide bonds. The molecule has 2 unspecified atom stereocenters. The monoisotopic (exact) mass is 117 g/mol. The number of aliphatic hydroxyl groups is 1. The Balaban J connectivity index is 2.19. The molecule has 1 radical (unpaired) electrons. The van der Waals surface area contributed by atoms with Gasteiger partial charge in [-0.2, -0.15) is 0 Å². The summed E-state index contributed by atoms with van der Waals surface area (Å²) in [6.45, 7) is 0. The molecular formula is C6H10FO. The lowest BCUT2D eigenvalue weighted by atomic mass is 9.96. The van der Waals surface area contributed by atoms with E-state index < -0.39 is 6.17 Å². The smallest absolute Gasteiger partial charge is 0.101 e. The molecule has 0 bridgehead atoms. The summed E-state index contributed by atoms with van der Waals surface area (Å²) in [5.74, 6) is 0. The average Bonchev–Trinajstić information content (AvgIpc) is 1.77. The van der Waals surface area contributed by atoms with Crippen LogP contribution < -0.4 is 0 Å². The van der Waals surface area contributed by atoms with E-state index in [2.05, 4.69) is 0 Å². The summed E-state index contributed by atoms with van der Waals surface area (Å²) in [5, 5.41) is 8.80. The van der Waals surface area contributed by atoms with Crippen molar-refractivity contribution in [1.82, 2.24) is 0 Å². The van der Waals surface area contributed by atoms with Crippen LogP contribution in [-0.4, -0.2) is 17.4 Å². The normalized spacial score (nSPS) is 39.8. The van der Waals surface area contributed by atoms with E-state index in [-0.39, 0.29) is 6.10 Å². The molecule has 47 valence electrons. The molecule has 0 aromatic rings. The Kier molecular flexibility index (Phi) is 1.84. The van der Waals surface area contributed by atoms with Crippen LogP contribution in [0.15, 0.2) is 0 Å². The Bertz CT molecular complexity index is 56.9. The molecule has 1 fully saturated rings. The van der Waals surface area contributed by atoms with Gasteiger partial charge in [-0.15, -0.1) is 0 Å². The van der Waals surface area contributed by atoms with Gasteiger partial charge in [0.1, 0.15) is 6.17 Å². The zero-order valence-corrected chi connectivity index (χ0v) is 4.68. The van der Waals surface area contributed by atoms with E-state index in [9.17, 15) is 4.39 Å². The average molecular weight is 117 g/mol. The molecule has 1 N–H and O–H groups in total. The van der Waals surface area contributed by atoms with Gasteiger partial charge in [0.05, 0.1) is 6.10 Å². The summed E-state index contributed by atoms with van der Waals surface area (Å²) in [4.78, 5) is 0. The number of halogens is 1. The first-order chi connectivity index (χ1) is 3.79. The summed E-state index contributed by atoms with van der Waals surface area (Å²) in [6, 6.07) is 0. The summed E-state index contributed by atoms with van der Waals surface area (Å²) >= 11 is 0. The van der Waals surface area contributed by atoms with Gasteiger partial charge in [0.15, 0.2) is 0 Å². The molecule has 1 aliphatic carbocycles.